The molecule has 2 heterocycles. The van der Waals surface area contributed by atoms with Crippen molar-refractivity contribution in [3.8, 4) is 11.4 Å². The van der Waals surface area contributed by atoms with Crippen LogP contribution >= 0.6 is 39.1 Å². The lowest BCUT2D eigenvalue weighted by atomic mass is 9.63. The molecule has 4 aliphatic rings. The van der Waals surface area contributed by atoms with Crippen molar-refractivity contribution in [2.75, 3.05) is 10.2 Å². The van der Waals surface area contributed by atoms with Crippen molar-refractivity contribution in [1.82, 2.24) is 9.13 Å². The molecule has 4 aliphatic carbocycles. The predicted octanol–water partition coefficient (Wildman–Crippen LogP) is 27.4. The van der Waals surface area contributed by atoms with E-state index in [1.807, 2.05) is 46.4 Å². The summed E-state index contributed by atoms with van der Waals surface area (Å²) in [5.74, 6) is -2.22. The second-order valence-electron chi connectivity index (χ2n) is 34.6. The summed E-state index contributed by atoms with van der Waals surface area (Å²) in [6.07, 6.45) is 8.45. The van der Waals surface area contributed by atoms with Gasteiger partial charge in [0.1, 0.15) is 34.6 Å². The highest BCUT2D eigenvalue weighted by Gasteiger charge is 2.46. The molecule has 0 saturated heterocycles. The number of nitrogens with zero attached hydrogens (tertiary/aromatic N) is 3. The smallest absolute Gasteiger partial charge is 0.150 e. The maximum Gasteiger partial charge on any atom is 0.150 e. The van der Waals surface area contributed by atoms with Crippen LogP contribution in [0.15, 0.2) is 138 Å². The highest BCUT2D eigenvalue weighted by Crippen LogP contribution is 2.56. The minimum absolute atomic E-state index is 0.00983. The molecule has 10 aromatic rings. The van der Waals surface area contributed by atoms with Crippen LogP contribution in [0.5, 0.6) is 0 Å². The minimum atomic E-state index is -0.568. The van der Waals surface area contributed by atoms with Gasteiger partial charge in [0.05, 0.1) is 11.0 Å². The van der Waals surface area contributed by atoms with Crippen LogP contribution < -0.4 is 10.2 Å². The van der Waals surface area contributed by atoms with Crippen molar-refractivity contribution in [2.45, 2.75) is 233 Å². The zero-order valence-electron chi connectivity index (χ0n) is 61.8. The third-order valence-electron chi connectivity index (χ3n) is 23.1. The van der Waals surface area contributed by atoms with E-state index in [1.165, 1.54) is 92.9 Å². The standard InChI is InChI=1S/C44H49ClF2N2.C37H44F2N2.C7H6BrCl/c1-26-20-28(45)23-30(21-26)48(36-25-33-32(22-27(36)2)41(3,4)16-17-42(33,5)6)29-14-15-31-37(24-29)49(39-34(46)12-11-13-35(39)47)40-38(31)43(7,8)18-19-44(40,9)10;1-22-19-25-26(35(4,5)16-15-34(25,2)3)21-29(22)40-23-13-14-24-30(20-23)41(32-27(38)11-10-12-28(32)39)33-31(24)36(6,7)17-18-37(33,8)9;1-5-2-6(8)4-7(9)3-5/h11-15,20-25H,16-19H2,1-10H3;10-14,19-21,40H,15-18H2,1-9H3;2-4H,1H3. The van der Waals surface area contributed by atoms with Gasteiger partial charge in [0, 0.05) is 75.9 Å². The Morgan fingerprint density at radius 2 is 0.788 bits per heavy atom. The molecule has 0 unspecified atom stereocenters. The molecule has 8 aromatic carbocycles. The first-order chi connectivity index (χ1) is 46.0. The molecular weight excluding hydrogens is 1340 g/mol. The molecule has 11 heteroatoms. The van der Waals surface area contributed by atoms with E-state index in [1.54, 1.807) is 0 Å². The summed E-state index contributed by atoms with van der Waals surface area (Å²) in [7, 11) is 0. The van der Waals surface area contributed by atoms with Gasteiger partial charge < -0.3 is 19.4 Å². The van der Waals surface area contributed by atoms with Crippen LogP contribution in [0.25, 0.3) is 33.2 Å². The number of rotatable bonds is 7. The van der Waals surface area contributed by atoms with Crippen LogP contribution in [0.4, 0.5) is 46.0 Å². The summed E-state index contributed by atoms with van der Waals surface area (Å²) < 4.78 is 67.6. The fourth-order valence-electron chi connectivity index (χ4n) is 17.0. The number of nitrogens with one attached hydrogen (secondary N) is 1. The summed E-state index contributed by atoms with van der Waals surface area (Å²) in [5.41, 5.74) is 20.7. The van der Waals surface area contributed by atoms with E-state index >= 15 is 17.6 Å². The van der Waals surface area contributed by atoms with Gasteiger partial charge >= 0.3 is 0 Å². The number of hydrogen-bond acceptors (Lipinski definition) is 2. The molecule has 0 atom stereocenters. The first kappa shape index (κ1) is 72.0. The molecule has 0 aliphatic heterocycles. The fraction of sp³-hybridized carbons (Fsp3) is 0.409. The Balaban J connectivity index is 0.000000169. The monoisotopic (exact) mass is 1440 g/mol. The molecule has 14 rings (SSSR count). The lowest BCUT2D eigenvalue weighted by Gasteiger charge is -2.43. The molecule has 520 valence electrons. The van der Waals surface area contributed by atoms with Crippen LogP contribution in [0, 0.1) is 51.0 Å². The quantitative estimate of drug-likeness (QED) is 0.161. The van der Waals surface area contributed by atoms with E-state index in [0.29, 0.717) is 5.02 Å². The molecule has 2 aromatic heterocycles. The van der Waals surface area contributed by atoms with Gasteiger partial charge in [0.2, 0.25) is 0 Å². The third-order valence-corrected chi connectivity index (χ3v) is 24.0. The summed E-state index contributed by atoms with van der Waals surface area (Å²) >= 11 is 15.8. The molecule has 0 saturated carbocycles. The van der Waals surface area contributed by atoms with Crippen LogP contribution in [0.1, 0.15) is 229 Å². The highest BCUT2D eigenvalue weighted by molar-refractivity contribution is 9.10. The Hall–Kier alpha value is -6.78. The number of anilines is 5. The van der Waals surface area contributed by atoms with E-state index < -0.39 is 23.3 Å². The van der Waals surface area contributed by atoms with Crippen molar-refractivity contribution in [2.24, 2.45) is 0 Å². The summed E-state index contributed by atoms with van der Waals surface area (Å²) in [6.45, 7) is 45.1. The van der Waals surface area contributed by atoms with E-state index in [9.17, 15) is 0 Å². The predicted molar refractivity (Wildman–Crippen MR) is 415 cm³/mol. The molecule has 99 heavy (non-hydrogen) atoms. The third kappa shape index (κ3) is 13.1. The molecule has 0 radical (unpaired) electrons. The van der Waals surface area contributed by atoms with E-state index in [4.69, 9.17) is 23.2 Å². The number of para-hydroxylation sites is 2. The average Bonchev–Trinajstić information content (AvgIpc) is 1.56. The molecule has 0 bridgehead atoms. The molecule has 0 fully saturated rings. The molecule has 4 nitrogen and oxygen atoms in total. The number of benzene rings is 8. The Labute approximate surface area is 605 Å². The second kappa shape index (κ2) is 25.3. The molecule has 1 N–H and O–H groups in total. The normalized spacial score (nSPS) is 18.4. The SMILES string of the molecule is Cc1cc(Cl)cc(Br)c1.Cc1cc(Cl)cc(N(c2ccc3c4c(n(-c5c(F)cccc5F)c3c2)C(C)(C)CCC4(C)C)c2cc3c(cc2C)C(C)(C)CCC3(C)C)c1.Cc1cc2c(cc1Nc1ccc3c4c(n(-c5c(F)cccc5F)c3c1)C(C)(C)CCC4(C)C)C(C)(C)CCC2(C)C. The van der Waals surface area contributed by atoms with Crippen molar-refractivity contribution < 1.29 is 17.6 Å². The first-order valence-corrected chi connectivity index (χ1v) is 37.0. The number of aromatic nitrogens is 2. The van der Waals surface area contributed by atoms with Crippen molar-refractivity contribution in [3.63, 3.8) is 0 Å². The fourth-order valence-corrected chi connectivity index (χ4v) is 18.3. The molecular formula is C88H99BrCl2F4N4. The zero-order chi connectivity index (χ0) is 72.0. The van der Waals surface area contributed by atoms with Gasteiger partial charge in [0.15, 0.2) is 0 Å². The first-order valence-electron chi connectivity index (χ1n) is 35.4. The number of hydrogen-bond donors (Lipinski definition) is 1. The Bertz CT molecular complexity index is 4770. The molecule has 0 spiro atoms. The zero-order valence-corrected chi connectivity index (χ0v) is 64.9. The summed E-state index contributed by atoms with van der Waals surface area (Å²) in [5, 5.41) is 7.25. The van der Waals surface area contributed by atoms with Gasteiger partial charge in [-0.2, -0.15) is 0 Å². The maximum absolute atomic E-state index is 15.9. The van der Waals surface area contributed by atoms with Gasteiger partial charge in [-0.05, 0) is 264 Å². The number of aryl methyl sites for hydroxylation is 4. The van der Waals surface area contributed by atoms with E-state index in [-0.39, 0.29) is 54.7 Å². The summed E-state index contributed by atoms with van der Waals surface area (Å²) in [6, 6.07) is 42.6. The van der Waals surface area contributed by atoms with E-state index in [2.05, 4.69) is 224 Å². The van der Waals surface area contributed by atoms with Crippen molar-refractivity contribution in [3.05, 3.63) is 238 Å². The van der Waals surface area contributed by atoms with Gasteiger partial charge in [-0.25, -0.2) is 17.6 Å². The number of fused-ring (bicyclic) bond motifs is 8. The van der Waals surface area contributed by atoms with Gasteiger partial charge in [-0.15, -0.1) is 0 Å². The second-order valence-corrected chi connectivity index (χ2v) is 36.3. The van der Waals surface area contributed by atoms with Gasteiger partial charge in [-0.1, -0.05) is 186 Å². The van der Waals surface area contributed by atoms with Crippen LogP contribution in [0.3, 0.4) is 0 Å². The van der Waals surface area contributed by atoms with Crippen LogP contribution in [0.2, 0.25) is 10.0 Å². The molecule has 0 amide bonds. The van der Waals surface area contributed by atoms with Gasteiger partial charge in [-0.3, -0.25) is 0 Å². The Morgan fingerprint density at radius 3 is 1.24 bits per heavy atom. The lowest BCUT2D eigenvalue weighted by molar-refractivity contribution is 0.323. The summed E-state index contributed by atoms with van der Waals surface area (Å²) in [4.78, 5) is 2.29. The van der Waals surface area contributed by atoms with Gasteiger partial charge in [0.25, 0.3) is 0 Å². The van der Waals surface area contributed by atoms with Crippen LogP contribution in [-0.4, -0.2) is 9.13 Å². The lowest BCUT2D eigenvalue weighted by Crippen LogP contribution is -2.35. The average molecular weight is 1440 g/mol. The highest BCUT2D eigenvalue weighted by atomic mass is 79.9. The van der Waals surface area contributed by atoms with Crippen molar-refractivity contribution >= 4 is 89.4 Å². The topological polar surface area (TPSA) is 25.1 Å². The minimum Gasteiger partial charge on any atom is -0.355 e. The Kier molecular flexibility index (Phi) is 18.4. The van der Waals surface area contributed by atoms with Crippen molar-refractivity contribution in [1.29, 1.82) is 0 Å². The van der Waals surface area contributed by atoms with E-state index in [0.717, 1.165) is 122 Å². The maximum atomic E-state index is 15.9. The number of halogens is 7. The Morgan fingerprint density at radius 1 is 0.394 bits per heavy atom. The largest absolute Gasteiger partial charge is 0.355 e. The van der Waals surface area contributed by atoms with Crippen LogP contribution in [-0.2, 0) is 43.3 Å².